The number of nitrogens with zero attached hydrogens (tertiary/aromatic N) is 2. The normalized spacial score (nSPS) is 11.0. The minimum absolute atomic E-state index is 0.0124. The molecular weight excluding hydrogens is 466 g/mol. The molecule has 2 aromatic heterocycles. The molecule has 0 aliphatic carbocycles. The lowest BCUT2D eigenvalue weighted by Gasteiger charge is -2.12. The van der Waals surface area contributed by atoms with Gasteiger partial charge in [0, 0.05) is 25.2 Å². The molecule has 7 heteroatoms. The summed E-state index contributed by atoms with van der Waals surface area (Å²) in [4.78, 5) is 15.4. The van der Waals surface area contributed by atoms with Crippen LogP contribution >= 0.6 is 38.5 Å². The molecule has 0 bridgehead atoms. The van der Waals surface area contributed by atoms with E-state index in [1.54, 1.807) is 24.5 Å². The summed E-state index contributed by atoms with van der Waals surface area (Å²) < 4.78 is 17.0. The van der Waals surface area contributed by atoms with E-state index in [1.807, 2.05) is 22.6 Å². The molecule has 0 aliphatic rings. The Bertz CT molecular complexity index is 895. The lowest BCUT2D eigenvalue weighted by molar-refractivity contribution is -0.255. The van der Waals surface area contributed by atoms with Gasteiger partial charge in [-0.3, -0.25) is 4.98 Å². The van der Waals surface area contributed by atoms with Crippen molar-refractivity contribution in [3.05, 3.63) is 61.8 Å². The molecule has 0 amide bonds. The molecule has 0 atom stereocenters. The predicted octanol–water partition coefficient (Wildman–Crippen LogP) is 2.95. The monoisotopic (exact) mass is 473 g/mol. The minimum atomic E-state index is -1.31. The average Bonchev–Trinajstić information content (AvgIpc) is 2.82. The van der Waals surface area contributed by atoms with Gasteiger partial charge in [-0.15, -0.1) is 0 Å². The smallest absolute Gasteiger partial charge is 0.129 e. The van der Waals surface area contributed by atoms with Crippen LogP contribution in [-0.2, 0) is 6.54 Å². The molecule has 0 unspecified atom stereocenters. The van der Waals surface area contributed by atoms with Gasteiger partial charge in [-0.1, -0.05) is 6.07 Å². The Kier molecular flexibility index (Phi) is 4.18. The van der Waals surface area contributed by atoms with E-state index in [-0.39, 0.29) is 18.1 Å². The highest BCUT2D eigenvalue weighted by atomic mass is 127. The van der Waals surface area contributed by atoms with E-state index in [2.05, 4.69) is 20.9 Å². The number of aromatic carboxylic acids is 1. The van der Waals surface area contributed by atoms with E-state index in [1.165, 1.54) is 16.7 Å². The summed E-state index contributed by atoms with van der Waals surface area (Å²) in [7, 11) is 0. The molecule has 0 aliphatic heterocycles. The van der Waals surface area contributed by atoms with E-state index in [9.17, 15) is 14.3 Å². The summed E-state index contributed by atoms with van der Waals surface area (Å²) in [6, 6.07) is 6.33. The summed E-state index contributed by atoms with van der Waals surface area (Å²) in [6.45, 7) is 0.0910. The topological polar surface area (TPSA) is 57.9 Å². The van der Waals surface area contributed by atoms with Crippen LogP contribution in [0.15, 0.2) is 41.1 Å². The third kappa shape index (κ3) is 2.74. The van der Waals surface area contributed by atoms with Crippen molar-refractivity contribution in [2.24, 2.45) is 0 Å². The van der Waals surface area contributed by atoms with Gasteiger partial charge < -0.3 is 14.5 Å². The van der Waals surface area contributed by atoms with Crippen LogP contribution in [-0.4, -0.2) is 15.5 Å². The Hall–Kier alpha value is -1.48. The van der Waals surface area contributed by atoms with Crippen LogP contribution < -0.4 is 5.11 Å². The Morgan fingerprint density at radius 2 is 2.14 bits per heavy atom. The highest BCUT2D eigenvalue weighted by Crippen LogP contribution is 2.27. The Balaban J connectivity index is 2.18. The number of aromatic nitrogens is 2. The van der Waals surface area contributed by atoms with Gasteiger partial charge in [-0.2, -0.15) is 0 Å². The first-order valence-electron chi connectivity index (χ1n) is 6.25. The Morgan fingerprint density at radius 3 is 2.82 bits per heavy atom. The summed E-state index contributed by atoms with van der Waals surface area (Å²) in [6.07, 6.45) is 3.13. The highest BCUT2D eigenvalue weighted by molar-refractivity contribution is 14.1. The van der Waals surface area contributed by atoms with Gasteiger partial charge in [-0.05, 0) is 56.7 Å². The molecule has 3 rings (SSSR count). The van der Waals surface area contributed by atoms with Gasteiger partial charge in [-0.25, -0.2) is 4.39 Å². The maximum atomic E-state index is 14.0. The van der Waals surface area contributed by atoms with E-state index < -0.39 is 5.97 Å². The molecule has 1 aromatic carbocycles. The third-order valence-electron chi connectivity index (χ3n) is 3.33. The Labute approximate surface area is 147 Å². The van der Waals surface area contributed by atoms with Gasteiger partial charge in [0.2, 0.25) is 0 Å². The standard InChI is InChI=1S/C15H9BrFIN2O2/c16-11-5-19-6-14-10(11)4-13(15(21)22)20(14)7-8-1-2-9(18)3-12(8)17/h1-6H,7H2,(H,21,22)/p-1. The van der Waals surface area contributed by atoms with Crippen molar-refractivity contribution in [2.45, 2.75) is 6.54 Å². The summed E-state index contributed by atoms with van der Waals surface area (Å²) in [5.41, 5.74) is 0.994. The molecular formula is C15H8BrFIN2O2-. The summed E-state index contributed by atoms with van der Waals surface area (Å²) in [5, 5.41) is 12.1. The Morgan fingerprint density at radius 1 is 1.36 bits per heavy atom. The molecule has 0 N–H and O–H groups in total. The van der Waals surface area contributed by atoms with Crippen LogP contribution in [0.25, 0.3) is 10.9 Å². The molecule has 4 nitrogen and oxygen atoms in total. The van der Waals surface area contributed by atoms with Gasteiger partial charge in [0.15, 0.2) is 0 Å². The number of halogens is 3. The quantitative estimate of drug-likeness (QED) is 0.549. The SMILES string of the molecule is O=C([O-])c1cc2c(Br)cncc2n1Cc1ccc(I)cc1F. The number of hydrogen-bond acceptors (Lipinski definition) is 3. The van der Waals surface area contributed by atoms with Gasteiger partial charge in [0.25, 0.3) is 0 Å². The molecule has 0 saturated carbocycles. The van der Waals surface area contributed by atoms with Gasteiger partial charge in [0.05, 0.1) is 29.9 Å². The highest BCUT2D eigenvalue weighted by Gasteiger charge is 2.14. The van der Waals surface area contributed by atoms with E-state index >= 15 is 0 Å². The first-order chi connectivity index (χ1) is 10.5. The van der Waals surface area contributed by atoms with Gasteiger partial charge in [0.1, 0.15) is 5.82 Å². The van der Waals surface area contributed by atoms with E-state index in [0.29, 0.717) is 20.9 Å². The zero-order valence-corrected chi connectivity index (χ0v) is 14.8. The zero-order chi connectivity index (χ0) is 15.9. The van der Waals surface area contributed by atoms with Crippen LogP contribution in [0.5, 0.6) is 0 Å². The van der Waals surface area contributed by atoms with Crippen LogP contribution in [0.1, 0.15) is 16.1 Å². The van der Waals surface area contributed by atoms with Crippen molar-refractivity contribution in [3.8, 4) is 0 Å². The number of carboxylic acid groups (broad SMARTS) is 1. The maximum Gasteiger partial charge on any atom is 0.129 e. The number of benzene rings is 1. The number of fused-ring (bicyclic) bond motifs is 1. The molecule has 2 heterocycles. The maximum absolute atomic E-state index is 14.0. The third-order valence-corrected chi connectivity index (χ3v) is 4.64. The number of hydrogen-bond donors (Lipinski definition) is 0. The first kappa shape index (κ1) is 15.4. The number of pyridine rings is 1. The second-order valence-corrected chi connectivity index (χ2v) is 6.79. The minimum Gasteiger partial charge on any atom is -0.543 e. The molecule has 112 valence electrons. The fourth-order valence-electron chi connectivity index (χ4n) is 2.30. The molecule has 0 fully saturated rings. The second kappa shape index (κ2) is 5.96. The second-order valence-electron chi connectivity index (χ2n) is 4.69. The van der Waals surface area contributed by atoms with Crippen LogP contribution in [0.2, 0.25) is 0 Å². The number of carboxylic acids is 1. The number of carbonyl (C=O) groups excluding carboxylic acids is 1. The predicted molar refractivity (Wildman–Crippen MR) is 90.0 cm³/mol. The van der Waals surface area contributed by atoms with Crippen molar-refractivity contribution in [1.29, 1.82) is 0 Å². The van der Waals surface area contributed by atoms with E-state index in [0.717, 1.165) is 3.57 Å². The van der Waals surface area contributed by atoms with Crippen LogP contribution in [0, 0.1) is 9.39 Å². The van der Waals surface area contributed by atoms with Crippen molar-refractivity contribution in [3.63, 3.8) is 0 Å². The molecule has 0 radical (unpaired) electrons. The van der Waals surface area contributed by atoms with E-state index in [4.69, 9.17) is 0 Å². The van der Waals surface area contributed by atoms with Crippen LogP contribution in [0.4, 0.5) is 4.39 Å². The fraction of sp³-hybridized carbons (Fsp3) is 0.0667. The average molecular weight is 474 g/mol. The van der Waals surface area contributed by atoms with Crippen LogP contribution in [0.3, 0.4) is 0 Å². The van der Waals surface area contributed by atoms with Crippen molar-refractivity contribution in [2.75, 3.05) is 0 Å². The molecule has 0 saturated heterocycles. The summed E-state index contributed by atoms with van der Waals surface area (Å²) in [5.74, 6) is -1.69. The number of carbonyl (C=O) groups is 1. The number of rotatable bonds is 3. The lowest BCUT2D eigenvalue weighted by atomic mass is 10.2. The van der Waals surface area contributed by atoms with Gasteiger partial charge >= 0.3 is 0 Å². The summed E-state index contributed by atoms with van der Waals surface area (Å²) >= 11 is 5.36. The molecule has 22 heavy (non-hydrogen) atoms. The lowest BCUT2D eigenvalue weighted by Crippen LogP contribution is -2.25. The van der Waals surface area contributed by atoms with Crippen molar-refractivity contribution < 1.29 is 14.3 Å². The largest absolute Gasteiger partial charge is 0.543 e. The van der Waals surface area contributed by atoms with Crippen molar-refractivity contribution >= 4 is 55.4 Å². The molecule has 0 spiro atoms. The molecule has 3 aromatic rings. The van der Waals surface area contributed by atoms with Crippen molar-refractivity contribution in [1.82, 2.24) is 9.55 Å². The first-order valence-corrected chi connectivity index (χ1v) is 8.12. The zero-order valence-electron chi connectivity index (χ0n) is 11.0. The fourth-order valence-corrected chi connectivity index (χ4v) is 3.19.